The number of rotatable bonds is 11. The lowest BCUT2D eigenvalue weighted by Crippen LogP contribution is -2.53. The van der Waals surface area contributed by atoms with Gasteiger partial charge in [-0.2, -0.15) is 0 Å². The van der Waals surface area contributed by atoms with Crippen LogP contribution in [-0.2, 0) is 22.6 Å². The van der Waals surface area contributed by atoms with Crippen LogP contribution in [-0.4, -0.2) is 35.4 Å². The van der Waals surface area contributed by atoms with Gasteiger partial charge in [0.1, 0.15) is 11.8 Å². The fourth-order valence-corrected chi connectivity index (χ4v) is 3.93. The quantitative estimate of drug-likeness (QED) is 0.380. The van der Waals surface area contributed by atoms with E-state index in [-0.39, 0.29) is 31.0 Å². The summed E-state index contributed by atoms with van der Waals surface area (Å²) in [7, 11) is 0. The van der Waals surface area contributed by atoms with E-state index in [0.29, 0.717) is 17.2 Å². The van der Waals surface area contributed by atoms with E-state index in [2.05, 4.69) is 5.32 Å². The minimum atomic E-state index is -0.726. The second kappa shape index (κ2) is 13.0. The number of halogens is 1. The zero-order chi connectivity index (χ0) is 25.2. The molecule has 3 rings (SSSR count). The normalized spacial score (nSPS) is 12.5. The summed E-state index contributed by atoms with van der Waals surface area (Å²) in [4.78, 5) is 28.6. The van der Waals surface area contributed by atoms with Gasteiger partial charge < -0.3 is 15.0 Å². The molecular weight excluding hydrogens is 460 g/mol. The Kier molecular flexibility index (Phi) is 9.74. The number of carbonyl (C=O) groups is 2. The van der Waals surface area contributed by atoms with Crippen molar-refractivity contribution in [3.05, 3.63) is 101 Å². The minimum Gasteiger partial charge on any atom is -0.484 e. The maximum absolute atomic E-state index is 13.6. The van der Waals surface area contributed by atoms with Crippen LogP contribution in [0.15, 0.2) is 78.9 Å². The second-order valence-electron chi connectivity index (χ2n) is 8.74. The summed E-state index contributed by atoms with van der Waals surface area (Å²) in [5, 5.41) is 3.61. The molecule has 0 radical (unpaired) electrons. The number of amides is 2. The molecular formula is C29H33ClN2O3. The van der Waals surface area contributed by atoms with Crippen molar-refractivity contribution in [3.63, 3.8) is 0 Å². The third-order valence-electron chi connectivity index (χ3n) is 5.92. The molecule has 5 nitrogen and oxygen atoms in total. The standard InChI is InChI=1S/C29H33ClN2O3/c1-4-22(3)31-29(34)27(18-23-12-6-5-7-13-23)32(19-24-14-8-9-16-26(24)30)28(33)20-35-25-15-10-11-21(2)17-25/h5-17,22,27H,4,18-20H2,1-3H3,(H,31,34)/t22-,27+/m0/s1. The van der Waals surface area contributed by atoms with Crippen LogP contribution in [0.4, 0.5) is 0 Å². The molecule has 0 saturated heterocycles. The SMILES string of the molecule is CC[C@H](C)NC(=O)[C@@H](Cc1ccccc1)N(Cc1ccccc1Cl)C(=O)COc1cccc(C)c1. The van der Waals surface area contributed by atoms with Gasteiger partial charge in [-0.25, -0.2) is 0 Å². The maximum atomic E-state index is 13.6. The van der Waals surface area contributed by atoms with Crippen LogP contribution < -0.4 is 10.1 Å². The monoisotopic (exact) mass is 492 g/mol. The van der Waals surface area contributed by atoms with Crippen molar-refractivity contribution in [1.82, 2.24) is 10.2 Å². The molecule has 0 unspecified atom stereocenters. The molecule has 6 heteroatoms. The van der Waals surface area contributed by atoms with Crippen LogP contribution in [0, 0.1) is 6.92 Å². The molecule has 0 aliphatic carbocycles. The lowest BCUT2D eigenvalue weighted by molar-refractivity contribution is -0.143. The highest BCUT2D eigenvalue weighted by molar-refractivity contribution is 6.31. The topological polar surface area (TPSA) is 58.6 Å². The highest BCUT2D eigenvalue weighted by Crippen LogP contribution is 2.21. The Hall–Kier alpha value is -3.31. The Balaban J connectivity index is 1.92. The van der Waals surface area contributed by atoms with Crippen molar-refractivity contribution in [2.24, 2.45) is 0 Å². The largest absolute Gasteiger partial charge is 0.484 e. The molecule has 184 valence electrons. The maximum Gasteiger partial charge on any atom is 0.261 e. The summed E-state index contributed by atoms with van der Waals surface area (Å²) < 4.78 is 5.82. The van der Waals surface area contributed by atoms with Gasteiger partial charge in [0, 0.05) is 24.0 Å². The molecule has 1 N–H and O–H groups in total. The molecule has 0 aliphatic rings. The van der Waals surface area contributed by atoms with Gasteiger partial charge >= 0.3 is 0 Å². The van der Waals surface area contributed by atoms with Crippen LogP contribution >= 0.6 is 11.6 Å². The fraction of sp³-hybridized carbons (Fsp3) is 0.310. The molecule has 2 amide bonds. The fourth-order valence-electron chi connectivity index (χ4n) is 3.74. The zero-order valence-electron chi connectivity index (χ0n) is 20.5. The summed E-state index contributed by atoms with van der Waals surface area (Å²) in [6, 6.07) is 23.9. The predicted molar refractivity (Wildman–Crippen MR) is 141 cm³/mol. The van der Waals surface area contributed by atoms with Gasteiger partial charge in [0.25, 0.3) is 5.91 Å². The lowest BCUT2D eigenvalue weighted by Gasteiger charge is -2.32. The van der Waals surface area contributed by atoms with Gasteiger partial charge in [-0.1, -0.05) is 79.2 Å². The van der Waals surface area contributed by atoms with E-state index in [1.165, 1.54) is 0 Å². The van der Waals surface area contributed by atoms with Gasteiger partial charge in [0.15, 0.2) is 6.61 Å². The minimum absolute atomic E-state index is 0.0124. The first-order valence-electron chi connectivity index (χ1n) is 11.9. The molecule has 2 atom stereocenters. The van der Waals surface area contributed by atoms with Crippen LogP contribution in [0.5, 0.6) is 5.75 Å². The number of ether oxygens (including phenoxy) is 1. The third-order valence-corrected chi connectivity index (χ3v) is 6.29. The van der Waals surface area contributed by atoms with E-state index >= 15 is 0 Å². The first-order chi connectivity index (χ1) is 16.9. The molecule has 0 spiro atoms. The van der Waals surface area contributed by atoms with E-state index in [1.54, 1.807) is 11.0 Å². The summed E-state index contributed by atoms with van der Waals surface area (Å²) >= 11 is 6.44. The Morgan fingerprint density at radius 3 is 2.40 bits per heavy atom. The Bertz CT molecular complexity index is 1120. The summed E-state index contributed by atoms with van der Waals surface area (Å²) in [6.07, 6.45) is 1.17. The summed E-state index contributed by atoms with van der Waals surface area (Å²) in [5.74, 6) is 0.130. The van der Waals surface area contributed by atoms with E-state index in [0.717, 1.165) is 23.1 Å². The highest BCUT2D eigenvalue weighted by Gasteiger charge is 2.31. The van der Waals surface area contributed by atoms with Crippen molar-refractivity contribution in [2.45, 2.75) is 52.2 Å². The van der Waals surface area contributed by atoms with Gasteiger partial charge in [-0.3, -0.25) is 9.59 Å². The van der Waals surface area contributed by atoms with Gasteiger partial charge in [0.2, 0.25) is 5.91 Å². The molecule has 0 fully saturated rings. The van der Waals surface area contributed by atoms with E-state index in [1.807, 2.05) is 93.6 Å². The van der Waals surface area contributed by atoms with Crippen LogP contribution in [0.1, 0.15) is 37.0 Å². The van der Waals surface area contributed by atoms with Crippen molar-refractivity contribution < 1.29 is 14.3 Å². The number of nitrogens with zero attached hydrogens (tertiary/aromatic N) is 1. The van der Waals surface area contributed by atoms with Crippen LogP contribution in [0.25, 0.3) is 0 Å². The molecule has 0 bridgehead atoms. The zero-order valence-corrected chi connectivity index (χ0v) is 21.3. The average molecular weight is 493 g/mol. The van der Waals surface area contributed by atoms with E-state index in [4.69, 9.17) is 16.3 Å². The molecule has 0 saturated carbocycles. The number of nitrogens with one attached hydrogen (secondary N) is 1. The third kappa shape index (κ3) is 7.86. The molecule has 3 aromatic carbocycles. The molecule has 0 heterocycles. The van der Waals surface area contributed by atoms with Crippen LogP contribution in [0.2, 0.25) is 5.02 Å². The van der Waals surface area contributed by atoms with Gasteiger partial charge in [0.05, 0.1) is 0 Å². The number of aryl methyl sites for hydroxylation is 1. The smallest absolute Gasteiger partial charge is 0.261 e. The number of hydrogen-bond donors (Lipinski definition) is 1. The van der Waals surface area contributed by atoms with E-state index in [9.17, 15) is 9.59 Å². The van der Waals surface area contributed by atoms with Gasteiger partial charge in [-0.05, 0) is 55.2 Å². The highest BCUT2D eigenvalue weighted by atomic mass is 35.5. The summed E-state index contributed by atoms with van der Waals surface area (Å²) in [5.41, 5.74) is 2.78. The first kappa shape index (κ1) is 26.3. The molecule has 3 aromatic rings. The van der Waals surface area contributed by atoms with Crippen molar-refractivity contribution in [3.8, 4) is 5.75 Å². The second-order valence-corrected chi connectivity index (χ2v) is 9.15. The molecule has 0 aliphatic heterocycles. The average Bonchev–Trinajstić information content (AvgIpc) is 2.86. The van der Waals surface area contributed by atoms with Crippen molar-refractivity contribution in [2.75, 3.05) is 6.61 Å². The van der Waals surface area contributed by atoms with Crippen molar-refractivity contribution in [1.29, 1.82) is 0 Å². The van der Waals surface area contributed by atoms with Gasteiger partial charge in [-0.15, -0.1) is 0 Å². The molecule has 35 heavy (non-hydrogen) atoms. The van der Waals surface area contributed by atoms with Crippen LogP contribution in [0.3, 0.4) is 0 Å². The summed E-state index contributed by atoms with van der Waals surface area (Å²) in [6.45, 7) is 5.95. The predicted octanol–water partition coefficient (Wildman–Crippen LogP) is 5.58. The number of benzene rings is 3. The van der Waals surface area contributed by atoms with E-state index < -0.39 is 6.04 Å². The lowest BCUT2D eigenvalue weighted by atomic mass is 10.0. The number of hydrogen-bond acceptors (Lipinski definition) is 3. The Morgan fingerprint density at radius 2 is 1.71 bits per heavy atom. The Morgan fingerprint density at radius 1 is 1.00 bits per heavy atom. The number of carbonyl (C=O) groups excluding carboxylic acids is 2. The first-order valence-corrected chi connectivity index (χ1v) is 12.3. The Labute approximate surface area is 213 Å². The van der Waals surface area contributed by atoms with Crippen molar-refractivity contribution >= 4 is 23.4 Å². The molecule has 0 aromatic heterocycles.